The van der Waals surface area contributed by atoms with E-state index in [1.165, 1.54) is 5.56 Å². The van der Waals surface area contributed by atoms with Gasteiger partial charge in [0.2, 0.25) is 5.76 Å². The third-order valence-corrected chi connectivity index (χ3v) is 6.53. The highest BCUT2D eigenvalue weighted by atomic mass is 16.3. The van der Waals surface area contributed by atoms with Gasteiger partial charge in [-0.25, -0.2) is 4.98 Å². The molecule has 4 aromatic rings. The van der Waals surface area contributed by atoms with Gasteiger partial charge in [-0.3, -0.25) is 14.5 Å². The van der Waals surface area contributed by atoms with Gasteiger partial charge in [0, 0.05) is 5.69 Å². The fraction of sp³-hybridized carbons (Fsp3) is 0.250. The smallest absolute Gasteiger partial charge is 0.296 e. The molecule has 0 spiro atoms. The molecular formula is C28H26N2O3. The summed E-state index contributed by atoms with van der Waals surface area (Å²) in [7, 11) is 0. The van der Waals surface area contributed by atoms with Crippen molar-refractivity contribution in [3.63, 3.8) is 0 Å². The minimum absolute atomic E-state index is 0.0944. The molecule has 5 rings (SSSR count). The molecule has 0 fully saturated rings. The minimum atomic E-state index is -0.606. The fourth-order valence-electron chi connectivity index (χ4n) is 4.51. The molecule has 2 aromatic carbocycles. The fourth-order valence-corrected chi connectivity index (χ4v) is 4.51. The van der Waals surface area contributed by atoms with E-state index in [4.69, 9.17) is 4.42 Å². The molecule has 33 heavy (non-hydrogen) atoms. The first-order valence-corrected chi connectivity index (χ1v) is 11.2. The van der Waals surface area contributed by atoms with Gasteiger partial charge < -0.3 is 4.42 Å². The lowest BCUT2D eigenvalue weighted by Crippen LogP contribution is -2.30. The number of anilines is 1. The number of aromatic nitrogens is 1. The zero-order chi connectivity index (χ0) is 23.4. The number of rotatable bonds is 3. The zero-order valence-corrected chi connectivity index (χ0v) is 19.5. The first kappa shape index (κ1) is 21.1. The van der Waals surface area contributed by atoms with Crippen LogP contribution in [0.15, 0.2) is 63.8 Å². The second-order valence-corrected chi connectivity index (χ2v) is 9.14. The molecule has 0 unspecified atom stereocenters. The average Bonchev–Trinajstić information content (AvgIpc) is 3.08. The molecule has 0 N–H and O–H groups in total. The van der Waals surface area contributed by atoms with Crippen molar-refractivity contribution in [2.75, 3.05) is 4.90 Å². The third-order valence-electron chi connectivity index (χ3n) is 6.53. The summed E-state index contributed by atoms with van der Waals surface area (Å²) in [5.41, 5.74) is 5.49. The van der Waals surface area contributed by atoms with Crippen LogP contribution in [0, 0.1) is 20.8 Å². The molecule has 5 heteroatoms. The molecule has 1 aliphatic rings. The van der Waals surface area contributed by atoms with E-state index in [0.717, 1.165) is 22.4 Å². The number of nitrogens with zero attached hydrogens (tertiary/aromatic N) is 2. The maximum Gasteiger partial charge on any atom is 0.296 e. The second kappa shape index (κ2) is 7.69. The van der Waals surface area contributed by atoms with Crippen molar-refractivity contribution in [1.29, 1.82) is 0 Å². The Morgan fingerprint density at radius 3 is 2.30 bits per heavy atom. The summed E-state index contributed by atoms with van der Waals surface area (Å²) in [6, 6.07) is 16.7. The highest BCUT2D eigenvalue weighted by Crippen LogP contribution is 2.41. The summed E-state index contributed by atoms with van der Waals surface area (Å²) in [6.45, 7) is 10.1. The topological polar surface area (TPSA) is 63.4 Å². The van der Waals surface area contributed by atoms with Crippen molar-refractivity contribution < 1.29 is 9.21 Å². The predicted molar refractivity (Wildman–Crippen MR) is 130 cm³/mol. The lowest BCUT2D eigenvalue weighted by molar-refractivity contribution is 0.0970. The van der Waals surface area contributed by atoms with Crippen LogP contribution in [0.2, 0.25) is 0 Å². The van der Waals surface area contributed by atoms with E-state index in [9.17, 15) is 9.59 Å². The number of amides is 1. The summed E-state index contributed by atoms with van der Waals surface area (Å²) >= 11 is 0. The highest BCUT2D eigenvalue weighted by molar-refractivity contribution is 6.10. The van der Waals surface area contributed by atoms with E-state index < -0.39 is 6.04 Å². The van der Waals surface area contributed by atoms with Crippen molar-refractivity contribution in [3.8, 4) is 0 Å². The Bertz CT molecular complexity index is 1470. The van der Waals surface area contributed by atoms with Gasteiger partial charge in [0.25, 0.3) is 5.91 Å². The van der Waals surface area contributed by atoms with Gasteiger partial charge >= 0.3 is 0 Å². The van der Waals surface area contributed by atoms with Crippen LogP contribution >= 0.6 is 0 Å². The van der Waals surface area contributed by atoms with Gasteiger partial charge in [-0.15, -0.1) is 0 Å². The van der Waals surface area contributed by atoms with Crippen LogP contribution in [0.5, 0.6) is 0 Å². The number of carbonyl (C=O) groups is 1. The average molecular weight is 439 g/mol. The monoisotopic (exact) mass is 438 g/mol. The Morgan fingerprint density at radius 1 is 0.939 bits per heavy atom. The maximum atomic E-state index is 13.8. The first-order chi connectivity index (χ1) is 15.8. The Balaban J connectivity index is 1.80. The molecule has 1 amide bonds. The number of pyridine rings is 1. The molecular weight excluding hydrogens is 412 g/mol. The van der Waals surface area contributed by atoms with E-state index in [0.29, 0.717) is 28.3 Å². The van der Waals surface area contributed by atoms with Crippen LogP contribution in [0.1, 0.15) is 69.9 Å². The highest BCUT2D eigenvalue weighted by Gasteiger charge is 2.44. The molecule has 0 saturated carbocycles. The summed E-state index contributed by atoms with van der Waals surface area (Å²) in [5, 5.41) is 0.493. The summed E-state index contributed by atoms with van der Waals surface area (Å²) in [4.78, 5) is 33.6. The predicted octanol–water partition coefficient (Wildman–Crippen LogP) is 5.99. The van der Waals surface area contributed by atoms with E-state index in [1.54, 1.807) is 11.0 Å². The number of fused-ring (bicyclic) bond motifs is 2. The van der Waals surface area contributed by atoms with Crippen LogP contribution in [0.3, 0.4) is 0 Å². The third kappa shape index (κ3) is 3.35. The van der Waals surface area contributed by atoms with Crippen molar-refractivity contribution in [2.24, 2.45) is 0 Å². The van der Waals surface area contributed by atoms with Crippen LogP contribution in [0.25, 0.3) is 11.0 Å². The molecule has 0 bridgehead atoms. The molecule has 5 nitrogen and oxygen atoms in total. The SMILES string of the molecule is Cc1cccc(N2C(=O)c3oc4cc(C)c(C)cc4c(=O)c3[C@H]2c2ccc(C(C)C)cc2)n1. The number of benzene rings is 2. The number of aryl methyl sites for hydroxylation is 3. The minimum Gasteiger partial charge on any atom is -0.450 e. The molecule has 0 saturated heterocycles. The maximum absolute atomic E-state index is 13.8. The number of carbonyl (C=O) groups excluding carboxylic acids is 1. The largest absolute Gasteiger partial charge is 0.450 e. The molecule has 3 heterocycles. The normalized spacial score (nSPS) is 15.5. The number of hydrogen-bond acceptors (Lipinski definition) is 4. The second-order valence-electron chi connectivity index (χ2n) is 9.14. The van der Waals surface area contributed by atoms with Crippen molar-refractivity contribution in [1.82, 2.24) is 4.98 Å². The van der Waals surface area contributed by atoms with Gasteiger partial charge in [-0.2, -0.15) is 0 Å². The van der Waals surface area contributed by atoms with E-state index in [-0.39, 0.29) is 17.1 Å². The van der Waals surface area contributed by atoms with Crippen molar-refractivity contribution in [3.05, 3.63) is 104 Å². The summed E-state index contributed by atoms with van der Waals surface area (Å²) in [6.07, 6.45) is 0. The van der Waals surface area contributed by atoms with Gasteiger partial charge in [0.1, 0.15) is 11.4 Å². The van der Waals surface area contributed by atoms with Gasteiger partial charge in [0.05, 0.1) is 17.0 Å². The van der Waals surface area contributed by atoms with Crippen LogP contribution in [-0.2, 0) is 0 Å². The van der Waals surface area contributed by atoms with Crippen molar-refractivity contribution in [2.45, 2.75) is 46.6 Å². The van der Waals surface area contributed by atoms with E-state index in [2.05, 4.69) is 31.0 Å². The summed E-state index contributed by atoms with van der Waals surface area (Å²) in [5.74, 6) is 0.627. The molecule has 2 aromatic heterocycles. The Labute approximate surface area is 192 Å². The van der Waals surface area contributed by atoms with E-state index in [1.807, 2.05) is 57.2 Å². The quantitative estimate of drug-likeness (QED) is 0.394. The lowest BCUT2D eigenvalue weighted by atomic mass is 9.95. The Kier molecular flexibility index (Phi) is 4.93. The van der Waals surface area contributed by atoms with Crippen molar-refractivity contribution >= 4 is 22.7 Å². The molecule has 1 aliphatic heterocycles. The van der Waals surface area contributed by atoms with Gasteiger partial charge in [-0.05, 0) is 73.2 Å². The zero-order valence-electron chi connectivity index (χ0n) is 19.5. The molecule has 166 valence electrons. The lowest BCUT2D eigenvalue weighted by Gasteiger charge is -2.24. The Hall–Kier alpha value is -3.73. The van der Waals surface area contributed by atoms with Crippen LogP contribution in [0.4, 0.5) is 5.82 Å². The number of hydrogen-bond donors (Lipinski definition) is 0. The van der Waals surface area contributed by atoms with Crippen LogP contribution in [-0.4, -0.2) is 10.9 Å². The van der Waals surface area contributed by atoms with Gasteiger partial charge in [0.15, 0.2) is 5.43 Å². The van der Waals surface area contributed by atoms with Crippen LogP contribution < -0.4 is 10.3 Å². The summed E-state index contributed by atoms with van der Waals surface area (Å²) < 4.78 is 6.11. The standard InChI is InChI=1S/C28H26N2O3/c1-15(2)19-9-11-20(12-10-19)25-24-26(31)21-13-16(3)17(4)14-22(21)33-27(24)28(32)30(25)23-8-6-7-18(5)29-23/h6-15,25H,1-5H3/t25-/m1/s1. The molecule has 0 radical (unpaired) electrons. The molecule has 1 atom stereocenters. The first-order valence-electron chi connectivity index (χ1n) is 11.2. The van der Waals surface area contributed by atoms with E-state index >= 15 is 0 Å². The molecule has 0 aliphatic carbocycles. The Morgan fingerprint density at radius 2 is 1.64 bits per heavy atom. The van der Waals surface area contributed by atoms with Gasteiger partial charge in [-0.1, -0.05) is 44.2 Å².